The summed E-state index contributed by atoms with van der Waals surface area (Å²) in [7, 11) is 0. The normalized spacial score (nSPS) is 21.3. The number of hydrazone groups is 2. The molecule has 0 unspecified atom stereocenters. The summed E-state index contributed by atoms with van der Waals surface area (Å²) in [5.74, 6) is 2.02. The quantitative estimate of drug-likeness (QED) is 0.171. The van der Waals surface area contributed by atoms with E-state index in [-0.39, 0.29) is 11.8 Å². The molecule has 5 rings (SSSR count). The van der Waals surface area contributed by atoms with Crippen molar-refractivity contribution in [2.75, 3.05) is 13.2 Å². The highest BCUT2D eigenvalue weighted by atomic mass is 16.8. The first-order valence-electron chi connectivity index (χ1n) is 17.0. The van der Waals surface area contributed by atoms with Crippen LogP contribution in [0.2, 0.25) is 0 Å². The first-order valence-corrected chi connectivity index (χ1v) is 17.0. The lowest BCUT2D eigenvalue weighted by Gasteiger charge is -2.31. The van der Waals surface area contributed by atoms with Gasteiger partial charge in [-0.2, -0.15) is 10.2 Å². The largest absolute Gasteiger partial charge is 0.458 e. The molecule has 10 nitrogen and oxygen atoms in total. The first kappa shape index (κ1) is 33.6. The molecule has 2 amide bonds. The zero-order chi connectivity index (χ0) is 31.8. The van der Waals surface area contributed by atoms with Crippen LogP contribution in [0.5, 0.6) is 11.5 Å². The lowest BCUT2D eigenvalue weighted by atomic mass is 9.86. The molecule has 2 saturated carbocycles. The smallest absolute Gasteiger partial charge is 0.271 e. The van der Waals surface area contributed by atoms with Gasteiger partial charge in [-0.05, 0) is 86.1 Å². The van der Waals surface area contributed by atoms with Crippen molar-refractivity contribution in [2.24, 2.45) is 22.0 Å². The Balaban J connectivity index is 1.03. The highest BCUT2D eigenvalue weighted by molar-refractivity contribution is 5.95. The van der Waals surface area contributed by atoms with Crippen molar-refractivity contribution in [3.8, 4) is 11.5 Å². The fraction of sp³-hybridized carbons (Fsp3) is 0.556. The van der Waals surface area contributed by atoms with Gasteiger partial charge in [0.2, 0.25) is 0 Å². The third kappa shape index (κ3) is 10.9. The van der Waals surface area contributed by atoms with Gasteiger partial charge in [0.15, 0.2) is 0 Å². The Morgan fingerprint density at radius 3 is 1.41 bits per heavy atom. The van der Waals surface area contributed by atoms with Gasteiger partial charge in [-0.3, -0.25) is 9.59 Å². The van der Waals surface area contributed by atoms with Crippen LogP contribution in [0.15, 0.2) is 58.7 Å². The number of carbonyl (C=O) groups is 2. The van der Waals surface area contributed by atoms with Crippen molar-refractivity contribution in [1.29, 1.82) is 0 Å². The number of nitrogens with zero attached hydrogens (tertiary/aromatic N) is 2. The standard InChI is InChI=1S/C36H48N4O6/c41-33(39-37-23-7-13-27-9-3-1-4-10-27)29-15-19-31(20-16-29)45-35-36(44-26-25-43-35)46-32-21-17-30(18-22-32)34(42)40-38-24-8-14-28-11-5-2-6-12-28/h15-24,27-28,35-36H,1-14,25-26H2,(H,39,41)(H,40,42)/b37-23-,38-24-/t35-,36-/m0/s1. The highest BCUT2D eigenvalue weighted by Crippen LogP contribution is 2.28. The summed E-state index contributed by atoms with van der Waals surface area (Å²) in [6, 6.07) is 13.5. The van der Waals surface area contributed by atoms with Gasteiger partial charge in [-0.25, -0.2) is 10.9 Å². The summed E-state index contributed by atoms with van der Waals surface area (Å²) in [6.07, 6.45) is 19.2. The Morgan fingerprint density at radius 2 is 1.02 bits per heavy atom. The number of nitrogens with one attached hydrogen (secondary N) is 2. The van der Waals surface area contributed by atoms with Crippen LogP contribution in [0.1, 0.15) is 111 Å². The SMILES string of the molecule is O=C(N/N=C\CCC1CCCCC1)c1ccc(O[C@@H]2OCCO[C@H]2Oc2ccc(C(=O)N/N=C\CCC3CCCCC3)cc2)cc1. The molecule has 3 aliphatic rings. The molecule has 0 radical (unpaired) electrons. The summed E-state index contributed by atoms with van der Waals surface area (Å²) in [4.78, 5) is 25.0. The second kappa shape index (κ2) is 18.4. The average Bonchev–Trinajstić information content (AvgIpc) is 3.10. The monoisotopic (exact) mass is 632 g/mol. The molecule has 248 valence electrons. The van der Waals surface area contributed by atoms with E-state index in [0.29, 0.717) is 35.8 Å². The van der Waals surface area contributed by atoms with E-state index in [1.54, 1.807) is 61.0 Å². The number of benzene rings is 2. The summed E-state index contributed by atoms with van der Waals surface area (Å²) in [6.45, 7) is 0.702. The first-order chi connectivity index (χ1) is 22.6. The van der Waals surface area contributed by atoms with Gasteiger partial charge in [0.1, 0.15) is 11.5 Å². The van der Waals surface area contributed by atoms with Crippen molar-refractivity contribution in [3.05, 3.63) is 59.7 Å². The number of carbonyl (C=O) groups excluding carboxylic acids is 2. The van der Waals surface area contributed by atoms with Crippen molar-refractivity contribution in [3.63, 3.8) is 0 Å². The van der Waals surface area contributed by atoms with Crippen LogP contribution in [0, 0.1) is 11.8 Å². The second-order valence-electron chi connectivity index (χ2n) is 12.4. The number of hydrogen-bond donors (Lipinski definition) is 2. The van der Waals surface area contributed by atoms with E-state index < -0.39 is 12.6 Å². The number of ether oxygens (including phenoxy) is 4. The molecule has 2 aromatic carbocycles. The Kier molecular flexibility index (Phi) is 13.4. The van der Waals surface area contributed by atoms with E-state index in [4.69, 9.17) is 18.9 Å². The maximum atomic E-state index is 12.5. The molecular formula is C36H48N4O6. The van der Waals surface area contributed by atoms with Crippen LogP contribution < -0.4 is 20.3 Å². The highest BCUT2D eigenvalue weighted by Gasteiger charge is 2.31. The minimum Gasteiger partial charge on any atom is -0.458 e. The van der Waals surface area contributed by atoms with Gasteiger partial charge in [0.05, 0.1) is 13.2 Å². The minimum absolute atomic E-state index is 0.280. The molecule has 0 spiro atoms. The lowest BCUT2D eigenvalue weighted by Crippen LogP contribution is -2.45. The maximum absolute atomic E-state index is 12.5. The number of rotatable bonds is 14. The molecule has 1 saturated heterocycles. The molecule has 3 fully saturated rings. The summed E-state index contributed by atoms with van der Waals surface area (Å²) in [5, 5.41) is 8.22. The van der Waals surface area contributed by atoms with Crippen molar-refractivity contribution >= 4 is 24.2 Å². The Hall–Kier alpha value is -3.76. The van der Waals surface area contributed by atoms with Crippen LogP contribution in [0.4, 0.5) is 0 Å². The third-order valence-corrected chi connectivity index (χ3v) is 8.98. The molecule has 0 aromatic heterocycles. The zero-order valence-electron chi connectivity index (χ0n) is 26.7. The van der Waals surface area contributed by atoms with Gasteiger partial charge < -0.3 is 18.9 Å². The van der Waals surface area contributed by atoms with Crippen molar-refractivity contribution in [2.45, 2.75) is 102 Å². The van der Waals surface area contributed by atoms with Gasteiger partial charge in [0, 0.05) is 23.6 Å². The Bertz CT molecular complexity index is 1170. The predicted octanol–water partition coefficient (Wildman–Crippen LogP) is 7.00. The van der Waals surface area contributed by atoms with Crippen LogP contribution in [0.25, 0.3) is 0 Å². The molecule has 0 bridgehead atoms. The molecular weight excluding hydrogens is 584 g/mol. The summed E-state index contributed by atoms with van der Waals surface area (Å²) >= 11 is 0. The van der Waals surface area contributed by atoms with Crippen LogP contribution >= 0.6 is 0 Å². The molecule has 1 aliphatic heterocycles. The summed E-state index contributed by atoms with van der Waals surface area (Å²) in [5.41, 5.74) is 6.15. The average molecular weight is 633 g/mol. The van der Waals surface area contributed by atoms with E-state index in [1.165, 1.54) is 64.2 Å². The predicted molar refractivity (Wildman–Crippen MR) is 177 cm³/mol. The van der Waals surface area contributed by atoms with E-state index in [0.717, 1.165) is 37.5 Å². The Morgan fingerprint density at radius 1 is 0.630 bits per heavy atom. The molecule has 10 heteroatoms. The van der Waals surface area contributed by atoms with E-state index in [1.807, 2.05) is 0 Å². The second-order valence-corrected chi connectivity index (χ2v) is 12.4. The van der Waals surface area contributed by atoms with Crippen LogP contribution in [-0.4, -0.2) is 50.0 Å². The number of hydrogen-bond acceptors (Lipinski definition) is 8. The van der Waals surface area contributed by atoms with E-state index in [9.17, 15) is 9.59 Å². The lowest BCUT2D eigenvalue weighted by molar-refractivity contribution is -0.271. The van der Waals surface area contributed by atoms with Gasteiger partial charge in [0.25, 0.3) is 24.4 Å². The molecule has 2 aliphatic carbocycles. The van der Waals surface area contributed by atoms with E-state index >= 15 is 0 Å². The topological polar surface area (TPSA) is 120 Å². The van der Waals surface area contributed by atoms with Crippen LogP contribution in [-0.2, 0) is 9.47 Å². The van der Waals surface area contributed by atoms with Crippen molar-refractivity contribution < 1.29 is 28.5 Å². The molecule has 46 heavy (non-hydrogen) atoms. The number of amides is 2. The van der Waals surface area contributed by atoms with Gasteiger partial charge in [-0.15, -0.1) is 0 Å². The molecule has 2 N–H and O–H groups in total. The molecule has 1 heterocycles. The van der Waals surface area contributed by atoms with Crippen LogP contribution in [0.3, 0.4) is 0 Å². The minimum atomic E-state index is -0.826. The maximum Gasteiger partial charge on any atom is 0.271 e. The van der Waals surface area contributed by atoms with Gasteiger partial charge in [-0.1, -0.05) is 64.2 Å². The molecule has 2 atom stereocenters. The van der Waals surface area contributed by atoms with E-state index in [2.05, 4.69) is 21.1 Å². The van der Waals surface area contributed by atoms with Gasteiger partial charge >= 0.3 is 0 Å². The third-order valence-electron chi connectivity index (χ3n) is 8.98. The zero-order valence-corrected chi connectivity index (χ0v) is 26.7. The summed E-state index contributed by atoms with van der Waals surface area (Å²) < 4.78 is 23.5. The fourth-order valence-electron chi connectivity index (χ4n) is 6.34. The Labute approximate surface area is 272 Å². The van der Waals surface area contributed by atoms with Crippen molar-refractivity contribution in [1.82, 2.24) is 10.9 Å². The molecule has 2 aromatic rings. The fourth-order valence-corrected chi connectivity index (χ4v) is 6.34.